The molecule has 3 rings (SSSR count). The molecular weight excluding hydrogens is 312 g/mol. The summed E-state index contributed by atoms with van der Waals surface area (Å²) in [5, 5.41) is 13.5. The Kier molecular flexibility index (Phi) is 4.33. The van der Waals surface area contributed by atoms with E-state index in [0.29, 0.717) is 13.0 Å². The van der Waals surface area contributed by atoms with Crippen LogP contribution in [-0.2, 0) is 6.42 Å². The van der Waals surface area contributed by atoms with Crippen LogP contribution in [0.1, 0.15) is 15.9 Å². The van der Waals surface area contributed by atoms with E-state index in [1.165, 1.54) is 24.3 Å². The van der Waals surface area contributed by atoms with Crippen molar-refractivity contribution in [2.45, 2.75) is 12.5 Å². The number of nitrogens with zero attached hydrogens (tertiary/aromatic N) is 1. The molecule has 1 atom stereocenters. The molecule has 0 unspecified atom stereocenters. The lowest BCUT2D eigenvalue weighted by Gasteiger charge is -2.11. The Hall–Kier alpha value is -3.09. The highest BCUT2D eigenvalue weighted by Gasteiger charge is 2.24. The quantitative estimate of drug-likeness (QED) is 0.672. The number of hydrogen-bond donors (Lipinski definition) is 1. The molecule has 1 N–H and O–H groups in total. The smallest absolute Gasteiger partial charge is 0.270 e. The van der Waals surface area contributed by atoms with Gasteiger partial charge in [0.2, 0.25) is 0 Å². The number of nitro benzene ring substituents is 1. The average molecular weight is 328 g/mol. The standard InChI is InChI=1S/C17H16N2O5/c1-23-14-5-6-16-12(8-14)9-15(24-16)10-18-17(20)11-3-2-4-13(7-11)19(21)22/h2-8,15H,9-10H2,1H3,(H,18,20)/t15-/m1/s1. The first-order valence-corrected chi connectivity index (χ1v) is 7.43. The lowest BCUT2D eigenvalue weighted by atomic mass is 10.1. The molecule has 1 heterocycles. The fourth-order valence-electron chi connectivity index (χ4n) is 2.61. The number of carbonyl (C=O) groups excluding carboxylic acids is 1. The van der Waals surface area contributed by atoms with E-state index in [9.17, 15) is 14.9 Å². The van der Waals surface area contributed by atoms with E-state index in [4.69, 9.17) is 9.47 Å². The number of amides is 1. The first kappa shape index (κ1) is 15.8. The molecule has 0 aromatic heterocycles. The Morgan fingerprint density at radius 1 is 1.38 bits per heavy atom. The minimum atomic E-state index is -0.527. The average Bonchev–Trinajstić information content (AvgIpc) is 3.01. The van der Waals surface area contributed by atoms with E-state index < -0.39 is 4.92 Å². The number of nitro groups is 1. The minimum Gasteiger partial charge on any atom is -0.497 e. The predicted molar refractivity (Wildman–Crippen MR) is 86.5 cm³/mol. The second-order valence-electron chi connectivity index (χ2n) is 5.44. The predicted octanol–water partition coefficient (Wildman–Crippen LogP) is 2.34. The van der Waals surface area contributed by atoms with Crippen LogP contribution in [0.5, 0.6) is 11.5 Å². The van der Waals surface area contributed by atoms with E-state index in [2.05, 4.69) is 5.32 Å². The molecule has 2 aromatic rings. The van der Waals surface area contributed by atoms with Crippen LogP contribution in [0.3, 0.4) is 0 Å². The summed E-state index contributed by atoms with van der Waals surface area (Å²) < 4.78 is 11.0. The Morgan fingerprint density at radius 3 is 2.96 bits per heavy atom. The highest BCUT2D eigenvalue weighted by atomic mass is 16.6. The number of nitrogens with one attached hydrogen (secondary N) is 1. The van der Waals surface area contributed by atoms with Gasteiger partial charge >= 0.3 is 0 Å². The molecule has 1 aliphatic rings. The molecule has 2 aromatic carbocycles. The van der Waals surface area contributed by atoms with Gasteiger partial charge < -0.3 is 14.8 Å². The van der Waals surface area contributed by atoms with Crippen molar-refractivity contribution >= 4 is 11.6 Å². The van der Waals surface area contributed by atoms with Gasteiger partial charge in [0.1, 0.15) is 17.6 Å². The van der Waals surface area contributed by atoms with E-state index in [1.807, 2.05) is 18.2 Å². The molecule has 1 aliphatic heterocycles. The molecule has 0 fully saturated rings. The number of ether oxygens (including phenoxy) is 2. The van der Waals surface area contributed by atoms with Crippen molar-refractivity contribution in [2.75, 3.05) is 13.7 Å². The van der Waals surface area contributed by atoms with Gasteiger partial charge in [0.15, 0.2) is 0 Å². The monoisotopic (exact) mass is 328 g/mol. The van der Waals surface area contributed by atoms with Gasteiger partial charge in [-0.15, -0.1) is 0 Å². The maximum absolute atomic E-state index is 12.1. The summed E-state index contributed by atoms with van der Waals surface area (Å²) in [5.41, 5.74) is 1.17. The van der Waals surface area contributed by atoms with E-state index in [-0.39, 0.29) is 23.3 Å². The summed E-state index contributed by atoms with van der Waals surface area (Å²) in [7, 11) is 1.61. The van der Waals surface area contributed by atoms with Crippen LogP contribution in [0.4, 0.5) is 5.69 Å². The Bertz CT molecular complexity index is 790. The van der Waals surface area contributed by atoms with Crippen molar-refractivity contribution in [3.8, 4) is 11.5 Å². The van der Waals surface area contributed by atoms with E-state index in [1.54, 1.807) is 7.11 Å². The zero-order chi connectivity index (χ0) is 17.1. The van der Waals surface area contributed by atoms with Crippen molar-refractivity contribution in [1.82, 2.24) is 5.32 Å². The van der Waals surface area contributed by atoms with Gasteiger partial charge in [-0.1, -0.05) is 6.07 Å². The van der Waals surface area contributed by atoms with Crippen molar-refractivity contribution < 1.29 is 19.2 Å². The maximum atomic E-state index is 12.1. The Labute approximate surface area is 138 Å². The molecule has 0 saturated carbocycles. The normalized spacial score (nSPS) is 15.3. The van der Waals surface area contributed by atoms with Crippen LogP contribution in [0, 0.1) is 10.1 Å². The number of carbonyl (C=O) groups is 1. The second kappa shape index (κ2) is 6.57. The minimum absolute atomic E-state index is 0.112. The SMILES string of the molecule is COc1ccc2c(c1)C[C@H](CNC(=O)c1cccc([N+](=O)[O-])c1)O2. The second-order valence-corrected chi connectivity index (χ2v) is 5.44. The van der Waals surface area contributed by atoms with Gasteiger partial charge in [0.05, 0.1) is 18.6 Å². The summed E-state index contributed by atoms with van der Waals surface area (Å²) in [5.74, 6) is 1.18. The van der Waals surface area contributed by atoms with Gasteiger partial charge in [-0.05, 0) is 24.3 Å². The molecule has 0 spiro atoms. The summed E-state index contributed by atoms with van der Waals surface area (Å²) >= 11 is 0. The van der Waals surface area contributed by atoms with Crippen LogP contribution >= 0.6 is 0 Å². The molecule has 124 valence electrons. The number of rotatable bonds is 5. The van der Waals surface area contributed by atoms with Gasteiger partial charge in [-0.25, -0.2) is 0 Å². The number of benzene rings is 2. The lowest BCUT2D eigenvalue weighted by Crippen LogP contribution is -2.34. The fraction of sp³-hybridized carbons (Fsp3) is 0.235. The van der Waals surface area contributed by atoms with Crippen LogP contribution in [-0.4, -0.2) is 30.6 Å². The van der Waals surface area contributed by atoms with Gasteiger partial charge in [-0.2, -0.15) is 0 Å². The summed E-state index contributed by atoms with van der Waals surface area (Å²) in [6, 6.07) is 11.2. The van der Waals surface area contributed by atoms with Crippen LogP contribution in [0.15, 0.2) is 42.5 Å². The van der Waals surface area contributed by atoms with Gasteiger partial charge in [0, 0.05) is 29.7 Å². The largest absolute Gasteiger partial charge is 0.497 e. The van der Waals surface area contributed by atoms with Crippen molar-refractivity contribution in [3.63, 3.8) is 0 Å². The Balaban J connectivity index is 1.60. The number of methoxy groups -OCH3 is 1. The molecule has 0 radical (unpaired) electrons. The van der Waals surface area contributed by atoms with Crippen LogP contribution < -0.4 is 14.8 Å². The number of fused-ring (bicyclic) bond motifs is 1. The summed E-state index contributed by atoms with van der Waals surface area (Å²) in [6.45, 7) is 0.318. The van der Waals surface area contributed by atoms with Crippen molar-refractivity contribution in [3.05, 3.63) is 63.7 Å². The number of non-ortho nitro benzene ring substituents is 1. The van der Waals surface area contributed by atoms with Gasteiger partial charge in [-0.3, -0.25) is 14.9 Å². The molecule has 0 saturated heterocycles. The van der Waals surface area contributed by atoms with E-state index in [0.717, 1.165) is 17.1 Å². The van der Waals surface area contributed by atoms with Crippen molar-refractivity contribution in [2.24, 2.45) is 0 Å². The molecule has 0 bridgehead atoms. The zero-order valence-electron chi connectivity index (χ0n) is 13.0. The third kappa shape index (κ3) is 3.29. The lowest BCUT2D eigenvalue weighted by molar-refractivity contribution is -0.384. The van der Waals surface area contributed by atoms with Crippen molar-refractivity contribution in [1.29, 1.82) is 0 Å². The molecule has 1 amide bonds. The zero-order valence-corrected chi connectivity index (χ0v) is 13.0. The van der Waals surface area contributed by atoms with Crippen LogP contribution in [0.2, 0.25) is 0 Å². The Morgan fingerprint density at radius 2 is 2.21 bits per heavy atom. The highest BCUT2D eigenvalue weighted by Crippen LogP contribution is 2.31. The first-order valence-electron chi connectivity index (χ1n) is 7.43. The first-order chi connectivity index (χ1) is 11.6. The number of hydrogen-bond acceptors (Lipinski definition) is 5. The molecule has 0 aliphatic carbocycles. The fourth-order valence-corrected chi connectivity index (χ4v) is 2.61. The summed E-state index contributed by atoms with van der Waals surface area (Å²) in [4.78, 5) is 22.4. The van der Waals surface area contributed by atoms with E-state index >= 15 is 0 Å². The molecule has 7 heteroatoms. The molecule has 24 heavy (non-hydrogen) atoms. The maximum Gasteiger partial charge on any atom is 0.270 e. The third-order valence-corrected chi connectivity index (χ3v) is 3.82. The highest BCUT2D eigenvalue weighted by molar-refractivity contribution is 5.94. The van der Waals surface area contributed by atoms with Gasteiger partial charge in [0.25, 0.3) is 11.6 Å². The summed E-state index contributed by atoms with van der Waals surface area (Å²) in [6.07, 6.45) is 0.497. The molecular formula is C17H16N2O5. The molecule has 7 nitrogen and oxygen atoms in total. The van der Waals surface area contributed by atoms with Crippen LogP contribution in [0.25, 0.3) is 0 Å². The third-order valence-electron chi connectivity index (χ3n) is 3.82. The topological polar surface area (TPSA) is 90.7 Å².